The lowest BCUT2D eigenvalue weighted by Gasteiger charge is -2.26. The molecule has 0 aliphatic heterocycles. The first-order valence-corrected chi connectivity index (χ1v) is 15.8. The maximum atomic E-state index is 6.69. The van der Waals surface area contributed by atoms with Gasteiger partial charge in [0.25, 0.3) is 0 Å². The summed E-state index contributed by atoms with van der Waals surface area (Å²) in [4.78, 5) is 10.1. The lowest BCUT2D eigenvalue weighted by Crippen LogP contribution is -2.13. The van der Waals surface area contributed by atoms with E-state index in [4.69, 9.17) is 14.4 Å². The standard InChI is InChI=1S/C42H35N3O/c1-26-23-37-38(27(2)43-26)31-19-14-20-32(40(31)46-37)41-44-35-21-12-13-22-36(35)45(41)39-33(28-15-8-6-9-16-28)24-30(42(3,4)5)25-34(39)29-17-10-7-11-18-29/h6-25H,1-5H3. The van der Waals surface area contributed by atoms with Crippen LogP contribution in [0.15, 0.2) is 126 Å². The van der Waals surface area contributed by atoms with Crippen LogP contribution in [0.4, 0.5) is 0 Å². The van der Waals surface area contributed by atoms with E-state index in [0.717, 1.165) is 83.7 Å². The maximum Gasteiger partial charge on any atom is 0.149 e. The summed E-state index contributed by atoms with van der Waals surface area (Å²) in [5.74, 6) is 0.839. The van der Waals surface area contributed by atoms with E-state index in [1.54, 1.807) is 0 Å². The van der Waals surface area contributed by atoms with Gasteiger partial charge in [-0.25, -0.2) is 4.98 Å². The Bertz CT molecular complexity index is 2350. The molecule has 0 saturated carbocycles. The lowest BCUT2D eigenvalue weighted by molar-refractivity contribution is 0.590. The topological polar surface area (TPSA) is 43.9 Å². The van der Waals surface area contributed by atoms with Crippen LogP contribution >= 0.6 is 0 Å². The van der Waals surface area contributed by atoms with Crippen LogP contribution < -0.4 is 0 Å². The van der Waals surface area contributed by atoms with E-state index in [-0.39, 0.29) is 5.41 Å². The Balaban J connectivity index is 1.55. The van der Waals surface area contributed by atoms with Gasteiger partial charge in [-0.1, -0.05) is 106 Å². The smallest absolute Gasteiger partial charge is 0.149 e. The molecule has 46 heavy (non-hydrogen) atoms. The first-order chi connectivity index (χ1) is 22.3. The summed E-state index contributed by atoms with van der Waals surface area (Å²) in [6.45, 7) is 10.9. The predicted molar refractivity (Wildman–Crippen MR) is 191 cm³/mol. The molecule has 8 aromatic rings. The number of benzene rings is 5. The second-order valence-electron chi connectivity index (χ2n) is 13.2. The largest absolute Gasteiger partial charge is 0.455 e. The second kappa shape index (κ2) is 10.6. The van der Waals surface area contributed by atoms with Crippen LogP contribution in [-0.4, -0.2) is 14.5 Å². The van der Waals surface area contributed by atoms with E-state index < -0.39 is 0 Å². The first-order valence-electron chi connectivity index (χ1n) is 15.8. The van der Waals surface area contributed by atoms with Crippen molar-refractivity contribution >= 4 is 33.0 Å². The fourth-order valence-electron chi connectivity index (χ4n) is 6.75. The van der Waals surface area contributed by atoms with Crippen molar-refractivity contribution < 1.29 is 4.42 Å². The number of hydrogen-bond donors (Lipinski definition) is 0. The first kappa shape index (κ1) is 28.0. The van der Waals surface area contributed by atoms with Crippen LogP contribution in [0.5, 0.6) is 0 Å². The zero-order valence-corrected chi connectivity index (χ0v) is 26.8. The number of aryl methyl sites for hydroxylation is 2. The third-order valence-electron chi connectivity index (χ3n) is 8.96. The molecule has 0 amide bonds. The van der Waals surface area contributed by atoms with Gasteiger partial charge in [-0.2, -0.15) is 0 Å². The third-order valence-corrected chi connectivity index (χ3v) is 8.96. The van der Waals surface area contributed by atoms with Crippen molar-refractivity contribution in [1.29, 1.82) is 0 Å². The normalized spacial score (nSPS) is 12.0. The predicted octanol–water partition coefficient (Wildman–Crippen LogP) is 11.2. The third kappa shape index (κ3) is 4.52. The van der Waals surface area contributed by atoms with Gasteiger partial charge in [-0.15, -0.1) is 0 Å². The van der Waals surface area contributed by atoms with Crippen LogP contribution in [0.2, 0.25) is 0 Å². The Labute approximate surface area is 269 Å². The van der Waals surface area contributed by atoms with Gasteiger partial charge in [0, 0.05) is 39.4 Å². The minimum Gasteiger partial charge on any atom is -0.455 e. The minimum atomic E-state index is -0.0602. The number of fused-ring (bicyclic) bond motifs is 4. The summed E-state index contributed by atoms with van der Waals surface area (Å²) in [6, 6.07) is 43.0. The molecular weight excluding hydrogens is 562 g/mol. The number of imidazole rings is 1. The number of hydrogen-bond acceptors (Lipinski definition) is 3. The molecule has 0 radical (unpaired) electrons. The lowest BCUT2D eigenvalue weighted by atomic mass is 9.82. The summed E-state index contributed by atoms with van der Waals surface area (Å²) >= 11 is 0. The highest BCUT2D eigenvalue weighted by atomic mass is 16.3. The maximum absolute atomic E-state index is 6.69. The molecule has 8 rings (SSSR count). The van der Waals surface area contributed by atoms with Crippen LogP contribution in [0.1, 0.15) is 37.7 Å². The molecule has 3 heterocycles. The van der Waals surface area contributed by atoms with Gasteiger partial charge in [-0.3, -0.25) is 9.55 Å². The molecule has 4 heteroatoms. The van der Waals surface area contributed by atoms with E-state index in [0.29, 0.717) is 0 Å². The van der Waals surface area contributed by atoms with Gasteiger partial charge in [0.2, 0.25) is 0 Å². The molecule has 0 fully saturated rings. The minimum absolute atomic E-state index is 0.0602. The number of furan rings is 1. The van der Waals surface area contributed by atoms with Crippen molar-refractivity contribution in [2.75, 3.05) is 0 Å². The molecule has 0 aliphatic carbocycles. The average molecular weight is 598 g/mol. The summed E-state index contributed by atoms with van der Waals surface area (Å²) in [6.07, 6.45) is 0. The summed E-state index contributed by atoms with van der Waals surface area (Å²) in [5, 5.41) is 2.10. The molecule has 0 atom stereocenters. The number of pyridine rings is 1. The molecule has 0 unspecified atom stereocenters. The highest BCUT2D eigenvalue weighted by Gasteiger charge is 2.26. The summed E-state index contributed by atoms with van der Waals surface area (Å²) in [5.41, 5.74) is 13.4. The van der Waals surface area contributed by atoms with Gasteiger partial charge < -0.3 is 4.42 Å². The van der Waals surface area contributed by atoms with E-state index in [1.807, 2.05) is 13.0 Å². The summed E-state index contributed by atoms with van der Waals surface area (Å²) < 4.78 is 9.04. The molecule has 0 spiro atoms. The molecule has 4 nitrogen and oxygen atoms in total. The highest BCUT2D eigenvalue weighted by molar-refractivity contribution is 6.10. The number of nitrogens with zero attached hydrogens (tertiary/aromatic N) is 3. The number of aromatic nitrogens is 3. The van der Waals surface area contributed by atoms with Crippen LogP contribution in [0, 0.1) is 13.8 Å². The zero-order chi connectivity index (χ0) is 31.6. The molecule has 0 bridgehead atoms. The Morgan fingerprint density at radius 2 is 1.26 bits per heavy atom. The van der Waals surface area contributed by atoms with Crippen molar-refractivity contribution in [3.63, 3.8) is 0 Å². The van der Waals surface area contributed by atoms with E-state index in [2.05, 4.69) is 148 Å². The van der Waals surface area contributed by atoms with Gasteiger partial charge in [0.05, 0.1) is 22.3 Å². The van der Waals surface area contributed by atoms with Crippen LogP contribution in [0.3, 0.4) is 0 Å². The SMILES string of the molecule is Cc1cc2oc3c(-c4nc5ccccc5n4-c4c(-c5ccccc5)cc(C(C)(C)C)cc4-c4ccccc4)cccc3c2c(C)n1. The van der Waals surface area contributed by atoms with E-state index >= 15 is 0 Å². The monoisotopic (exact) mass is 597 g/mol. The molecule has 0 N–H and O–H groups in total. The van der Waals surface area contributed by atoms with Gasteiger partial charge in [0.15, 0.2) is 0 Å². The van der Waals surface area contributed by atoms with Crippen molar-refractivity contribution in [1.82, 2.24) is 14.5 Å². The molecule has 0 aliphatic rings. The molecule has 5 aromatic carbocycles. The fourth-order valence-corrected chi connectivity index (χ4v) is 6.75. The summed E-state index contributed by atoms with van der Waals surface area (Å²) in [7, 11) is 0. The Kier molecular flexibility index (Phi) is 6.43. The fraction of sp³-hybridized carbons (Fsp3) is 0.143. The number of para-hydroxylation sites is 3. The highest BCUT2D eigenvalue weighted by Crippen LogP contribution is 2.45. The molecule has 3 aromatic heterocycles. The van der Waals surface area contributed by atoms with Crippen molar-refractivity contribution in [2.45, 2.75) is 40.0 Å². The van der Waals surface area contributed by atoms with Crippen molar-refractivity contribution in [3.05, 3.63) is 138 Å². The molecule has 0 saturated heterocycles. The second-order valence-corrected chi connectivity index (χ2v) is 13.2. The average Bonchev–Trinajstić information content (AvgIpc) is 3.63. The van der Waals surface area contributed by atoms with Gasteiger partial charge >= 0.3 is 0 Å². The number of rotatable bonds is 4. The Hall–Kier alpha value is -5.48. The van der Waals surface area contributed by atoms with Crippen molar-refractivity contribution in [2.24, 2.45) is 0 Å². The van der Waals surface area contributed by atoms with Crippen LogP contribution in [-0.2, 0) is 5.41 Å². The van der Waals surface area contributed by atoms with Gasteiger partial charge in [0.1, 0.15) is 17.0 Å². The van der Waals surface area contributed by atoms with E-state index in [9.17, 15) is 0 Å². The molecule has 224 valence electrons. The zero-order valence-electron chi connectivity index (χ0n) is 26.8. The van der Waals surface area contributed by atoms with E-state index in [1.165, 1.54) is 5.56 Å². The molecular formula is C42H35N3O. The Morgan fingerprint density at radius 1 is 0.630 bits per heavy atom. The van der Waals surface area contributed by atoms with Crippen LogP contribution in [0.25, 0.3) is 72.3 Å². The van der Waals surface area contributed by atoms with Gasteiger partial charge in [-0.05, 0) is 66.3 Å². The Morgan fingerprint density at radius 3 is 1.91 bits per heavy atom. The van der Waals surface area contributed by atoms with Crippen molar-refractivity contribution in [3.8, 4) is 39.3 Å². The quantitative estimate of drug-likeness (QED) is 0.203.